The molecule has 0 aromatic heterocycles. The molecule has 3 aliphatic heterocycles. The molecule has 8 atom stereocenters. The second-order valence-electron chi connectivity index (χ2n) is 15.4. The first-order chi connectivity index (χ1) is 25.7. The van der Waals surface area contributed by atoms with E-state index in [4.69, 9.17) is 35.3 Å². The Morgan fingerprint density at radius 3 is 2.58 bits per heavy atom. The number of hydrogen-bond acceptors (Lipinski definition) is 12. The van der Waals surface area contributed by atoms with Crippen molar-refractivity contribution >= 4 is 62.8 Å². The van der Waals surface area contributed by atoms with Crippen LogP contribution < -0.4 is 15.0 Å². The number of rotatable bonds is 10. The smallest absolute Gasteiger partial charge is 0.409 e. The number of carbonyl (C=O) groups excluding carboxylic acids is 4. The third-order valence-corrected chi connectivity index (χ3v) is 13.8. The number of amides is 3. The Hall–Kier alpha value is -2.95. The number of epoxide rings is 1. The molecular weight excluding hydrogens is 770 g/mol. The topological polar surface area (TPSA) is 156 Å². The number of likely N-dealkylation sites (N-methyl/N-ethyl adjacent to an activating group) is 1. The molecule has 3 heterocycles. The Kier molecular flexibility index (Phi) is 14.7. The second kappa shape index (κ2) is 18.1. The van der Waals surface area contributed by atoms with Crippen LogP contribution in [-0.2, 0) is 39.8 Å². The summed E-state index contributed by atoms with van der Waals surface area (Å²) in [4.78, 5) is 56.9. The largest absolute Gasteiger partial charge is 0.495 e. The fraction of sp³-hybridized carbons (Fsp3) is 0.641. The number of fused-ring (bicyclic) bond motifs is 5. The summed E-state index contributed by atoms with van der Waals surface area (Å²) >= 11 is 6.78. The molecule has 3 aliphatic rings. The highest BCUT2D eigenvalue weighted by Crippen LogP contribution is 2.49. The number of hydrogen-bond donors (Lipinski definition) is 2. The highest BCUT2D eigenvalue weighted by atomic mass is 35.5. The van der Waals surface area contributed by atoms with Crippen molar-refractivity contribution in [3.05, 3.63) is 46.5 Å². The monoisotopic (exact) mass is 825 g/mol. The third kappa shape index (κ3) is 10.5. The van der Waals surface area contributed by atoms with E-state index >= 15 is 0 Å². The molecule has 306 valence electrons. The summed E-state index contributed by atoms with van der Waals surface area (Å²) in [5, 5.41) is 14.5. The van der Waals surface area contributed by atoms with E-state index in [-0.39, 0.29) is 34.9 Å². The molecule has 0 aliphatic carbocycles. The van der Waals surface area contributed by atoms with Crippen molar-refractivity contribution in [3.8, 4) is 5.75 Å². The molecule has 3 amide bonds. The Bertz CT molecular complexity index is 1680. The van der Waals surface area contributed by atoms with Gasteiger partial charge in [0.05, 0.1) is 25.3 Å². The Labute approximate surface area is 337 Å². The average Bonchev–Trinajstić information content (AvgIpc) is 3.82. The number of allylic oxidation sites excluding steroid dienone is 3. The van der Waals surface area contributed by atoms with Crippen LogP contribution >= 0.6 is 33.2 Å². The SMILES string of the molecule is COc1cc2cc(c1Cl)N(C)C(=O)CC(OC(=O)[C@@H](C)N(C)C(=O)CCC(C)(C)SSC)C1(C)OC1C(C)C1CC(O)(NC(=O)O1)C(OC)/C=C/C=C(\C)C2. The summed E-state index contributed by atoms with van der Waals surface area (Å²) < 4.78 is 29.2. The summed E-state index contributed by atoms with van der Waals surface area (Å²) in [6.07, 6.45) is 3.81. The van der Waals surface area contributed by atoms with E-state index in [0.717, 1.165) is 11.1 Å². The third-order valence-electron chi connectivity index (χ3n) is 10.8. The van der Waals surface area contributed by atoms with Gasteiger partial charge in [0.25, 0.3) is 0 Å². The zero-order valence-corrected chi connectivity index (χ0v) is 36.0. The number of halogens is 1. The average molecular weight is 826 g/mol. The van der Waals surface area contributed by atoms with E-state index in [1.807, 2.05) is 26.2 Å². The number of nitrogens with one attached hydrogen (secondary N) is 1. The van der Waals surface area contributed by atoms with Crippen molar-refractivity contribution in [2.75, 3.05) is 39.5 Å². The van der Waals surface area contributed by atoms with Gasteiger partial charge in [0.2, 0.25) is 11.8 Å². The predicted octanol–water partition coefficient (Wildman–Crippen LogP) is 6.08. The van der Waals surface area contributed by atoms with E-state index < -0.39 is 65.7 Å². The number of nitrogens with zero attached hydrogens (tertiary/aromatic N) is 2. The van der Waals surface area contributed by atoms with Gasteiger partial charge in [-0.1, -0.05) is 63.9 Å². The summed E-state index contributed by atoms with van der Waals surface area (Å²) in [5.74, 6) is -1.50. The van der Waals surface area contributed by atoms with Gasteiger partial charge in [-0.15, -0.1) is 0 Å². The Balaban J connectivity index is 1.71. The van der Waals surface area contributed by atoms with Gasteiger partial charge in [0.15, 0.2) is 5.72 Å². The van der Waals surface area contributed by atoms with Gasteiger partial charge in [-0.05, 0) is 71.4 Å². The minimum absolute atomic E-state index is 0.0478. The lowest BCUT2D eigenvalue weighted by atomic mass is 9.83. The van der Waals surface area contributed by atoms with Gasteiger partial charge in [0.1, 0.15) is 40.7 Å². The van der Waals surface area contributed by atoms with Gasteiger partial charge in [-0.2, -0.15) is 0 Å². The number of methoxy groups -OCH3 is 2. The van der Waals surface area contributed by atoms with E-state index in [0.29, 0.717) is 24.3 Å². The van der Waals surface area contributed by atoms with Crippen molar-refractivity contribution < 1.29 is 48.0 Å². The van der Waals surface area contributed by atoms with Crippen LogP contribution in [0.1, 0.15) is 72.8 Å². The number of benzene rings is 1. The van der Waals surface area contributed by atoms with E-state index in [2.05, 4.69) is 19.2 Å². The molecule has 0 radical (unpaired) electrons. The number of esters is 1. The van der Waals surface area contributed by atoms with Gasteiger partial charge in [-0.25, -0.2) is 9.59 Å². The van der Waals surface area contributed by atoms with Gasteiger partial charge in [0, 0.05) is 44.7 Å². The van der Waals surface area contributed by atoms with Crippen molar-refractivity contribution in [1.82, 2.24) is 10.2 Å². The van der Waals surface area contributed by atoms with Crippen LogP contribution in [0.15, 0.2) is 35.9 Å². The fourth-order valence-corrected chi connectivity index (χ4v) is 9.62. The van der Waals surface area contributed by atoms with Crippen LogP contribution in [0.5, 0.6) is 5.75 Å². The molecule has 4 bridgehead atoms. The molecule has 2 fully saturated rings. The first kappa shape index (κ1) is 44.8. The zero-order valence-electron chi connectivity index (χ0n) is 33.6. The minimum atomic E-state index is -1.83. The number of alkyl carbamates (subject to hydrolysis) is 1. The summed E-state index contributed by atoms with van der Waals surface area (Å²) in [5.41, 5.74) is -0.900. The van der Waals surface area contributed by atoms with Crippen molar-refractivity contribution in [1.29, 1.82) is 0 Å². The van der Waals surface area contributed by atoms with E-state index in [9.17, 15) is 24.3 Å². The standard InChI is InChI=1S/C39H56ClN3O10S2/c1-22-13-12-14-29(50-10)39(48)21-28(51-36(47)41-39)23(2)34-38(6,53-34)30(20-32(45)43(8)26-18-25(17-22)19-27(49-9)33(26)40)52-35(46)24(3)42(7)31(44)15-16-37(4,5)55-54-11/h12-14,18-19,23-24,28-30,34,48H,15-17,20-21H2,1-11H3,(H,41,47)/b14-12+,22-13+/t23?,24-,28?,29?,30?,34?,38?,39?/m1/s1. The molecule has 1 aromatic carbocycles. The first-order valence-electron chi connectivity index (χ1n) is 18.3. The number of aliphatic hydroxyl groups is 1. The van der Waals surface area contributed by atoms with Crippen LogP contribution in [0.3, 0.4) is 0 Å². The zero-order chi connectivity index (χ0) is 41.0. The van der Waals surface area contributed by atoms with Crippen molar-refractivity contribution in [3.63, 3.8) is 0 Å². The van der Waals surface area contributed by atoms with Crippen molar-refractivity contribution in [2.24, 2.45) is 5.92 Å². The molecule has 2 N–H and O–H groups in total. The number of ether oxygens (including phenoxy) is 5. The van der Waals surface area contributed by atoms with Crippen LogP contribution in [0.4, 0.5) is 10.5 Å². The lowest BCUT2D eigenvalue weighted by molar-refractivity contribution is -0.162. The van der Waals surface area contributed by atoms with Gasteiger partial charge in [-0.3, -0.25) is 14.9 Å². The van der Waals surface area contributed by atoms with Crippen LogP contribution in [0.25, 0.3) is 0 Å². The van der Waals surface area contributed by atoms with Crippen LogP contribution in [0.2, 0.25) is 5.02 Å². The second-order valence-corrected chi connectivity index (χ2v) is 18.9. The predicted molar refractivity (Wildman–Crippen MR) is 215 cm³/mol. The van der Waals surface area contributed by atoms with Gasteiger partial charge >= 0.3 is 12.1 Å². The molecule has 55 heavy (non-hydrogen) atoms. The molecule has 7 unspecified atom stereocenters. The molecule has 0 spiro atoms. The van der Waals surface area contributed by atoms with E-state index in [1.54, 1.807) is 73.8 Å². The normalized spacial score (nSPS) is 30.8. The summed E-state index contributed by atoms with van der Waals surface area (Å²) in [6, 6.07) is 2.62. The summed E-state index contributed by atoms with van der Waals surface area (Å²) in [6.45, 7) is 11.2. The number of anilines is 1. The maximum atomic E-state index is 14.2. The molecule has 2 saturated heterocycles. The molecule has 16 heteroatoms. The van der Waals surface area contributed by atoms with Crippen molar-refractivity contribution in [2.45, 2.75) is 120 Å². The maximum Gasteiger partial charge on any atom is 0.409 e. The Morgan fingerprint density at radius 2 is 1.95 bits per heavy atom. The Morgan fingerprint density at radius 1 is 1.25 bits per heavy atom. The first-order valence-corrected chi connectivity index (χ1v) is 21.2. The lowest BCUT2D eigenvalue weighted by Gasteiger charge is -2.42. The summed E-state index contributed by atoms with van der Waals surface area (Å²) in [7, 11) is 9.39. The fourth-order valence-electron chi connectivity index (χ4n) is 7.07. The van der Waals surface area contributed by atoms with E-state index in [1.165, 1.54) is 24.0 Å². The van der Waals surface area contributed by atoms with Crippen LogP contribution in [0, 0.1) is 5.92 Å². The molecule has 1 aromatic rings. The molecular formula is C39H56ClN3O10S2. The minimum Gasteiger partial charge on any atom is -0.495 e. The van der Waals surface area contributed by atoms with Gasteiger partial charge < -0.3 is 38.6 Å². The number of carbonyl (C=O) groups is 4. The quantitative estimate of drug-likeness (QED) is 0.160. The van der Waals surface area contributed by atoms with Crippen LogP contribution in [-0.4, -0.2) is 115 Å². The molecule has 4 rings (SSSR count). The lowest BCUT2D eigenvalue weighted by Crippen LogP contribution is -2.63. The highest BCUT2D eigenvalue weighted by Gasteiger charge is 2.64. The molecule has 13 nitrogen and oxygen atoms in total. The maximum absolute atomic E-state index is 14.2. The molecule has 0 saturated carbocycles. The highest BCUT2D eigenvalue weighted by molar-refractivity contribution is 8.76.